The summed E-state index contributed by atoms with van der Waals surface area (Å²) in [6.45, 7) is 8.20. The molecule has 0 aliphatic heterocycles. The quantitative estimate of drug-likeness (QED) is 0.873. The van der Waals surface area contributed by atoms with Crippen LogP contribution in [0.4, 0.5) is 0 Å². The normalized spacial score (nSPS) is 11.2. The Morgan fingerprint density at radius 1 is 1.26 bits per heavy atom. The van der Waals surface area contributed by atoms with Gasteiger partial charge in [0.05, 0.1) is 12.2 Å². The van der Waals surface area contributed by atoms with Crippen molar-refractivity contribution in [3.63, 3.8) is 0 Å². The van der Waals surface area contributed by atoms with Gasteiger partial charge in [-0.1, -0.05) is 37.6 Å². The number of hydrogen-bond donors (Lipinski definition) is 2. The van der Waals surface area contributed by atoms with Gasteiger partial charge in [0.2, 0.25) is 0 Å². The van der Waals surface area contributed by atoms with Gasteiger partial charge < -0.3 is 10.3 Å². The minimum atomic E-state index is 0.645. The summed E-state index contributed by atoms with van der Waals surface area (Å²) in [7, 11) is 0. The van der Waals surface area contributed by atoms with Crippen LogP contribution in [-0.2, 0) is 6.54 Å². The zero-order chi connectivity index (χ0) is 13.8. The van der Waals surface area contributed by atoms with Gasteiger partial charge in [0, 0.05) is 16.3 Å². The van der Waals surface area contributed by atoms with Crippen molar-refractivity contribution < 1.29 is 0 Å². The monoisotopic (exact) mass is 277 g/mol. The fraction of sp³-hybridized carbons (Fsp3) is 0.400. The first-order valence-electron chi connectivity index (χ1n) is 6.58. The third-order valence-corrected chi connectivity index (χ3v) is 3.15. The molecular weight excluding hydrogens is 258 g/mol. The Labute approximate surface area is 119 Å². The summed E-state index contributed by atoms with van der Waals surface area (Å²) >= 11 is 5.90. The summed E-state index contributed by atoms with van der Waals surface area (Å²) in [5.41, 5.74) is 3.18. The SMILES string of the molecule is Cc1[nH]c(CNCC(C)C)nc1-c1ccc(Cl)cc1. The lowest BCUT2D eigenvalue weighted by Gasteiger charge is -2.04. The minimum absolute atomic E-state index is 0.645. The number of imidazole rings is 1. The second-order valence-electron chi connectivity index (χ2n) is 5.19. The summed E-state index contributed by atoms with van der Waals surface area (Å²) in [6.07, 6.45) is 0. The number of H-pyrrole nitrogens is 1. The lowest BCUT2D eigenvalue weighted by Crippen LogP contribution is -2.19. The van der Waals surface area contributed by atoms with Crippen LogP contribution >= 0.6 is 11.6 Å². The second kappa shape index (κ2) is 6.22. The third-order valence-electron chi connectivity index (χ3n) is 2.90. The van der Waals surface area contributed by atoms with Crippen LogP contribution in [0.15, 0.2) is 24.3 Å². The van der Waals surface area contributed by atoms with E-state index in [4.69, 9.17) is 11.6 Å². The molecule has 1 aromatic carbocycles. The van der Waals surface area contributed by atoms with Gasteiger partial charge in [0.25, 0.3) is 0 Å². The van der Waals surface area contributed by atoms with Crippen molar-refractivity contribution in [2.24, 2.45) is 5.92 Å². The Balaban J connectivity index is 2.10. The summed E-state index contributed by atoms with van der Waals surface area (Å²) in [5.74, 6) is 1.62. The van der Waals surface area contributed by atoms with E-state index in [1.54, 1.807) is 0 Å². The van der Waals surface area contributed by atoms with E-state index in [0.29, 0.717) is 5.92 Å². The highest BCUT2D eigenvalue weighted by Crippen LogP contribution is 2.22. The molecule has 0 bridgehead atoms. The van der Waals surface area contributed by atoms with Crippen molar-refractivity contribution in [3.05, 3.63) is 40.8 Å². The average Bonchev–Trinajstić information content (AvgIpc) is 2.71. The smallest absolute Gasteiger partial charge is 0.121 e. The highest BCUT2D eigenvalue weighted by molar-refractivity contribution is 6.30. The number of halogens is 1. The molecule has 2 rings (SSSR count). The van der Waals surface area contributed by atoms with Crippen molar-refractivity contribution in [3.8, 4) is 11.3 Å². The molecule has 0 amide bonds. The van der Waals surface area contributed by atoms with Gasteiger partial charge in [-0.3, -0.25) is 0 Å². The Morgan fingerprint density at radius 3 is 2.58 bits per heavy atom. The maximum atomic E-state index is 5.90. The molecule has 1 heterocycles. The lowest BCUT2D eigenvalue weighted by molar-refractivity contribution is 0.544. The van der Waals surface area contributed by atoms with E-state index in [2.05, 4.69) is 29.1 Å². The summed E-state index contributed by atoms with van der Waals surface area (Å²) in [4.78, 5) is 7.97. The van der Waals surface area contributed by atoms with Crippen molar-refractivity contribution in [1.82, 2.24) is 15.3 Å². The summed E-state index contributed by atoms with van der Waals surface area (Å²) in [6, 6.07) is 7.77. The molecule has 0 saturated heterocycles. The molecule has 0 unspecified atom stereocenters. The van der Waals surface area contributed by atoms with E-state index in [1.165, 1.54) is 0 Å². The molecule has 102 valence electrons. The molecule has 19 heavy (non-hydrogen) atoms. The van der Waals surface area contributed by atoms with Crippen LogP contribution in [0.1, 0.15) is 25.4 Å². The van der Waals surface area contributed by atoms with Crippen molar-refractivity contribution in [2.45, 2.75) is 27.3 Å². The predicted molar refractivity (Wildman–Crippen MR) is 80.3 cm³/mol. The zero-order valence-electron chi connectivity index (χ0n) is 11.6. The number of aromatic nitrogens is 2. The van der Waals surface area contributed by atoms with Crippen molar-refractivity contribution >= 4 is 11.6 Å². The Morgan fingerprint density at radius 2 is 1.95 bits per heavy atom. The predicted octanol–water partition coefficient (Wildman–Crippen LogP) is 3.78. The standard InChI is InChI=1S/C15H20ClN3/c1-10(2)8-17-9-14-18-11(3)15(19-14)12-4-6-13(16)7-5-12/h4-7,10,17H,8-9H2,1-3H3,(H,18,19). The topological polar surface area (TPSA) is 40.7 Å². The molecule has 0 aliphatic carbocycles. The molecule has 0 aliphatic rings. The number of aromatic amines is 1. The van der Waals surface area contributed by atoms with E-state index in [1.807, 2.05) is 31.2 Å². The zero-order valence-corrected chi connectivity index (χ0v) is 12.4. The maximum Gasteiger partial charge on any atom is 0.121 e. The molecule has 2 aromatic rings. The number of aryl methyl sites for hydroxylation is 1. The fourth-order valence-corrected chi connectivity index (χ4v) is 2.10. The average molecular weight is 278 g/mol. The van der Waals surface area contributed by atoms with Gasteiger partial charge in [-0.2, -0.15) is 0 Å². The molecule has 0 spiro atoms. The molecule has 0 radical (unpaired) electrons. The van der Waals surface area contributed by atoms with Crippen LogP contribution < -0.4 is 5.32 Å². The number of nitrogens with zero attached hydrogens (tertiary/aromatic N) is 1. The number of benzene rings is 1. The van der Waals surface area contributed by atoms with Gasteiger partial charge in [-0.15, -0.1) is 0 Å². The van der Waals surface area contributed by atoms with E-state index in [-0.39, 0.29) is 0 Å². The Hall–Kier alpha value is -1.32. The lowest BCUT2D eigenvalue weighted by atomic mass is 10.1. The first-order chi connectivity index (χ1) is 9.06. The van der Waals surface area contributed by atoms with Gasteiger partial charge in [0.15, 0.2) is 0 Å². The fourth-order valence-electron chi connectivity index (χ4n) is 1.97. The first-order valence-corrected chi connectivity index (χ1v) is 6.96. The largest absolute Gasteiger partial charge is 0.344 e. The first kappa shape index (κ1) is 14.1. The molecule has 4 heteroatoms. The minimum Gasteiger partial charge on any atom is -0.344 e. The molecule has 2 N–H and O–H groups in total. The van der Waals surface area contributed by atoms with Crippen LogP contribution in [0, 0.1) is 12.8 Å². The Bertz CT molecular complexity index is 529. The highest BCUT2D eigenvalue weighted by atomic mass is 35.5. The van der Waals surface area contributed by atoms with E-state index in [0.717, 1.165) is 40.9 Å². The number of rotatable bonds is 5. The van der Waals surface area contributed by atoms with Crippen LogP contribution in [-0.4, -0.2) is 16.5 Å². The van der Waals surface area contributed by atoms with E-state index in [9.17, 15) is 0 Å². The van der Waals surface area contributed by atoms with Crippen LogP contribution in [0.3, 0.4) is 0 Å². The van der Waals surface area contributed by atoms with Gasteiger partial charge in [0.1, 0.15) is 5.82 Å². The number of hydrogen-bond acceptors (Lipinski definition) is 2. The molecule has 0 fully saturated rings. The molecule has 0 saturated carbocycles. The molecule has 3 nitrogen and oxygen atoms in total. The Kier molecular flexibility index (Phi) is 4.61. The van der Waals surface area contributed by atoms with Gasteiger partial charge >= 0.3 is 0 Å². The van der Waals surface area contributed by atoms with Crippen molar-refractivity contribution in [1.29, 1.82) is 0 Å². The number of nitrogens with one attached hydrogen (secondary N) is 2. The molecular formula is C15H20ClN3. The van der Waals surface area contributed by atoms with Crippen LogP contribution in [0.5, 0.6) is 0 Å². The second-order valence-corrected chi connectivity index (χ2v) is 5.63. The van der Waals surface area contributed by atoms with E-state index >= 15 is 0 Å². The van der Waals surface area contributed by atoms with Gasteiger partial charge in [-0.25, -0.2) is 4.98 Å². The van der Waals surface area contributed by atoms with Crippen LogP contribution in [0.2, 0.25) is 5.02 Å². The highest BCUT2D eigenvalue weighted by Gasteiger charge is 2.08. The molecule has 1 aromatic heterocycles. The van der Waals surface area contributed by atoms with E-state index < -0.39 is 0 Å². The van der Waals surface area contributed by atoms with Crippen LogP contribution in [0.25, 0.3) is 11.3 Å². The molecule has 0 atom stereocenters. The van der Waals surface area contributed by atoms with Gasteiger partial charge in [-0.05, 0) is 31.5 Å². The summed E-state index contributed by atoms with van der Waals surface area (Å²) < 4.78 is 0. The third kappa shape index (κ3) is 3.82. The summed E-state index contributed by atoms with van der Waals surface area (Å²) in [5, 5.41) is 4.13. The maximum absolute atomic E-state index is 5.90. The van der Waals surface area contributed by atoms with Crippen molar-refractivity contribution in [2.75, 3.05) is 6.54 Å².